The van der Waals surface area contributed by atoms with Gasteiger partial charge in [0.2, 0.25) is 0 Å². The molecule has 4 heterocycles. The molecule has 2 aromatic carbocycles. The molecule has 0 radical (unpaired) electrons. The normalized spacial score (nSPS) is 28.4. The van der Waals surface area contributed by atoms with Gasteiger partial charge in [-0.1, -0.05) is 36.4 Å². The zero-order valence-corrected chi connectivity index (χ0v) is 19.2. The molecule has 3 aliphatic heterocycles. The fraction of sp³-hybridized carbons (Fsp3) is 0.393. The summed E-state index contributed by atoms with van der Waals surface area (Å²) >= 11 is 0. The number of nitrogens with zero attached hydrogens (tertiary/aromatic N) is 2. The largest absolute Gasteiger partial charge is 0.497 e. The maximum atomic E-state index is 11.7. The van der Waals surface area contributed by atoms with E-state index in [1.54, 1.807) is 13.3 Å². The van der Waals surface area contributed by atoms with Crippen LogP contribution < -0.4 is 4.74 Å². The van der Waals surface area contributed by atoms with Gasteiger partial charge in [0, 0.05) is 35.9 Å². The molecule has 2 unspecified atom stereocenters. The fourth-order valence-electron chi connectivity index (χ4n) is 6.29. The minimum absolute atomic E-state index is 0.0380. The van der Waals surface area contributed by atoms with E-state index in [1.165, 1.54) is 5.56 Å². The number of aromatic nitrogens is 1. The number of rotatable bonds is 7. The molecular weight excluding hydrogens is 412 g/mol. The molecule has 1 aromatic heterocycles. The molecule has 0 saturated carbocycles. The van der Waals surface area contributed by atoms with E-state index in [0.29, 0.717) is 23.1 Å². The highest BCUT2D eigenvalue weighted by atomic mass is 16.5. The van der Waals surface area contributed by atoms with E-state index >= 15 is 0 Å². The molecule has 5 nitrogen and oxygen atoms in total. The third kappa shape index (κ3) is 3.95. The molecule has 6 atom stereocenters. The number of aliphatic hydroxyl groups is 2. The topological polar surface area (TPSA) is 62.6 Å². The second kappa shape index (κ2) is 8.90. The standard InChI is InChI=1S/C28H33N2O3/c1-3-20-18-30(17-19-7-5-4-6-8-19)14-12-21(20)15-26(30)28(32)27(31)23-11-13-29-25-10-9-22(33-2)16-24(23)25/h3-11,13,16,20-21,26-28,31-32H,1,12,14-15,17-18H2,2H3/q+1/t20?,21-,26-,27?,28+,30+/m0/s1. The van der Waals surface area contributed by atoms with Crippen molar-refractivity contribution in [1.29, 1.82) is 0 Å². The Morgan fingerprint density at radius 2 is 2.00 bits per heavy atom. The summed E-state index contributed by atoms with van der Waals surface area (Å²) in [5.41, 5.74) is 2.75. The molecule has 3 aliphatic rings. The lowest BCUT2D eigenvalue weighted by molar-refractivity contribution is -0.984. The van der Waals surface area contributed by atoms with Gasteiger partial charge in [-0.15, -0.1) is 6.58 Å². The predicted octanol–water partition coefficient (Wildman–Crippen LogP) is 4.25. The van der Waals surface area contributed by atoms with Crippen molar-refractivity contribution in [3.05, 3.63) is 84.6 Å². The highest BCUT2D eigenvalue weighted by Gasteiger charge is 2.54. The van der Waals surface area contributed by atoms with Crippen molar-refractivity contribution in [3.63, 3.8) is 0 Å². The van der Waals surface area contributed by atoms with Crippen molar-refractivity contribution in [2.45, 2.75) is 37.6 Å². The molecule has 0 spiro atoms. The minimum Gasteiger partial charge on any atom is -0.497 e. The predicted molar refractivity (Wildman–Crippen MR) is 130 cm³/mol. The molecule has 2 bridgehead atoms. The summed E-state index contributed by atoms with van der Waals surface area (Å²) in [5, 5.41) is 24.0. The maximum Gasteiger partial charge on any atom is 0.136 e. The van der Waals surface area contributed by atoms with Gasteiger partial charge in [0.05, 0.1) is 25.7 Å². The first kappa shape index (κ1) is 22.1. The summed E-state index contributed by atoms with van der Waals surface area (Å²) < 4.78 is 6.19. The molecule has 0 aliphatic carbocycles. The van der Waals surface area contributed by atoms with Crippen LogP contribution in [0.5, 0.6) is 5.75 Å². The van der Waals surface area contributed by atoms with E-state index in [2.05, 4.69) is 41.9 Å². The highest BCUT2D eigenvalue weighted by Crippen LogP contribution is 2.46. The Bertz CT molecular complexity index is 1130. The molecule has 5 heteroatoms. The van der Waals surface area contributed by atoms with Crippen molar-refractivity contribution >= 4 is 10.9 Å². The second-order valence-corrected chi connectivity index (χ2v) is 9.74. The second-order valence-electron chi connectivity index (χ2n) is 9.74. The lowest BCUT2D eigenvalue weighted by Crippen LogP contribution is -2.69. The smallest absolute Gasteiger partial charge is 0.136 e. The van der Waals surface area contributed by atoms with Gasteiger partial charge < -0.3 is 19.4 Å². The van der Waals surface area contributed by atoms with Crippen LogP contribution in [-0.4, -0.2) is 52.0 Å². The molecule has 3 saturated heterocycles. The van der Waals surface area contributed by atoms with E-state index in [9.17, 15) is 10.2 Å². The van der Waals surface area contributed by atoms with Crippen molar-refractivity contribution in [1.82, 2.24) is 4.98 Å². The number of quaternary nitrogens is 1. The van der Waals surface area contributed by atoms with Gasteiger partial charge in [-0.2, -0.15) is 0 Å². The average Bonchev–Trinajstić information content (AvgIpc) is 2.87. The first-order valence-corrected chi connectivity index (χ1v) is 11.9. The van der Waals surface area contributed by atoms with Crippen LogP contribution in [-0.2, 0) is 6.54 Å². The van der Waals surface area contributed by atoms with Crippen LogP contribution in [0.3, 0.4) is 0 Å². The average molecular weight is 446 g/mol. The van der Waals surface area contributed by atoms with Gasteiger partial charge in [-0.3, -0.25) is 4.98 Å². The lowest BCUT2D eigenvalue weighted by Gasteiger charge is -2.58. The molecule has 3 fully saturated rings. The number of ether oxygens (including phenoxy) is 1. The zero-order chi connectivity index (χ0) is 23.0. The van der Waals surface area contributed by atoms with Crippen LogP contribution in [0.2, 0.25) is 0 Å². The van der Waals surface area contributed by atoms with Crippen molar-refractivity contribution in [3.8, 4) is 5.75 Å². The van der Waals surface area contributed by atoms with Crippen molar-refractivity contribution < 1.29 is 19.4 Å². The first-order valence-electron chi connectivity index (χ1n) is 11.9. The molecular formula is C28H33N2O3+. The lowest BCUT2D eigenvalue weighted by atomic mass is 9.71. The van der Waals surface area contributed by atoms with Crippen molar-refractivity contribution in [2.24, 2.45) is 11.8 Å². The van der Waals surface area contributed by atoms with E-state index in [-0.39, 0.29) is 6.04 Å². The van der Waals surface area contributed by atoms with Crippen LogP contribution in [0.1, 0.15) is 30.1 Å². The third-order valence-corrected chi connectivity index (χ3v) is 8.03. The van der Waals surface area contributed by atoms with Gasteiger partial charge >= 0.3 is 0 Å². The Labute approximate surface area is 195 Å². The van der Waals surface area contributed by atoms with Gasteiger partial charge in [0.15, 0.2) is 0 Å². The monoisotopic (exact) mass is 445 g/mol. The number of hydrogen-bond acceptors (Lipinski definition) is 4. The fourth-order valence-corrected chi connectivity index (χ4v) is 6.29. The van der Waals surface area contributed by atoms with Crippen LogP contribution >= 0.6 is 0 Å². The Morgan fingerprint density at radius 3 is 2.76 bits per heavy atom. The van der Waals surface area contributed by atoms with Gasteiger partial charge in [-0.05, 0) is 35.7 Å². The number of benzene rings is 2. The summed E-state index contributed by atoms with van der Waals surface area (Å²) in [7, 11) is 1.63. The quantitative estimate of drug-likeness (QED) is 0.422. The molecule has 0 amide bonds. The van der Waals surface area contributed by atoms with Crippen LogP contribution in [0.25, 0.3) is 10.9 Å². The minimum atomic E-state index is -1.00. The van der Waals surface area contributed by atoms with Gasteiger partial charge in [0.1, 0.15) is 30.5 Å². The number of pyridine rings is 1. The van der Waals surface area contributed by atoms with Crippen LogP contribution in [0, 0.1) is 11.8 Å². The SMILES string of the molecule is C=CC1C[N@+]2(Cc3ccccc3)CC[C@H]1C[C@H]2[C@@H](O)C(O)c1ccnc2ccc(OC)cc12. The highest BCUT2D eigenvalue weighted by molar-refractivity contribution is 5.83. The third-order valence-electron chi connectivity index (χ3n) is 8.03. The molecule has 172 valence electrons. The number of hydrogen-bond donors (Lipinski definition) is 2. The Balaban J connectivity index is 1.51. The summed E-state index contributed by atoms with van der Waals surface area (Å²) in [4.78, 5) is 4.44. The number of methoxy groups -OCH3 is 1. The molecule has 3 aromatic rings. The Kier molecular flexibility index (Phi) is 5.95. The summed E-state index contributed by atoms with van der Waals surface area (Å²) in [6, 6.07) is 17.9. The first-order chi connectivity index (χ1) is 16.0. The number of piperidine rings is 3. The van der Waals surface area contributed by atoms with Crippen LogP contribution in [0.15, 0.2) is 73.4 Å². The Morgan fingerprint density at radius 1 is 1.18 bits per heavy atom. The Hall–Kier alpha value is -2.73. The van der Waals surface area contributed by atoms with E-state index in [4.69, 9.17) is 4.74 Å². The van der Waals surface area contributed by atoms with Crippen molar-refractivity contribution in [2.75, 3.05) is 20.2 Å². The summed E-state index contributed by atoms with van der Waals surface area (Å²) in [5.74, 6) is 1.67. The molecule has 33 heavy (non-hydrogen) atoms. The molecule has 2 N–H and O–H groups in total. The summed E-state index contributed by atoms with van der Waals surface area (Å²) in [6.45, 7) is 6.94. The van der Waals surface area contributed by atoms with Gasteiger partial charge in [0.25, 0.3) is 0 Å². The van der Waals surface area contributed by atoms with Crippen LogP contribution in [0.4, 0.5) is 0 Å². The van der Waals surface area contributed by atoms with Gasteiger partial charge in [-0.25, -0.2) is 0 Å². The molecule has 6 rings (SSSR count). The number of fused-ring (bicyclic) bond motifs is 4. The van der Waals surface area contributed by atoms with E-state index in [1.807, 2.05) is 30.3 Å². The number of aliphatic hydroxyl groups excluding tert-OH is 2. The maximum absolute atomic E-state index is 11.7. The zero-order valence-electron chi connectivity index (χ0n) is 19.2. The summed E-state index contributed by atoms with van der Waals surface area (Å²) in [6.07, 6.45) is 3.96. The van der Waals surface area contributed by atoms with E-state index in [0.717, 1.165) is 47.9 Å². The van der Waals surface area contributed by atoms with E-state index < -0.39 is 12.2 Å².